The summed E-state index contributed by atoms with van der Waals surface area (Å²) < 4.78 is 7.47. The monoisotopic (exact) mass is 260 g/mol. The minimum Gasteiger partial charge on any atom is -0.481 e. The smallest absolute Gasteiger partial charge is 0.217 e. The van der Waals surface area contributed by atoms with Crippen molar-refractivity contribution in [3.63, 3.8) is 0 Å². The Labute approximate surface area is 113 Å². The van der Waals surface area contributed by atoms with Crippen LogP contribution in [0.1, 0.15) is 24.4 Å². The van der Waals surface area contributed by atoms with Crippen molar-refractivity contribution in [2.24, 2.45) is 0 Å². The number of aromatic nitrogens is 3. The number of hydrogen-bond donors (Lipinski definition) is 1. The molecule has 5 heteroatoms. The molecule has 0 bridgehead atoms. The third-order valence-electron chi connectivity index (χ3n) is 3.25. The van der Waals surface area contributed by atoms with Crippen LogP contribution in [0.2, 0.25) is 0 Å². The van der Waals surface area contributed by atoms with Crippen LogP contribution in [-0.2, 0) is 13.0 Å². The summed E-state index contributed by atoms with van der Waals surface area (Å²) in [6, 6.07) is 4.09. The van der Waals surface area contributed by atoms with Gasteiger partial charge in [-0.25, -0.2) is 9.97 Å². The Bertz CT molecular complexity index is 524. The van der Waals surface area contributed by atoms with E-state index < -0.39 is 0 Å². The summed E-state index contributed by atoms with van der Waals surface area (Å²) >= 11 is 0. The van der Waals surface area contributed by atoms with Crippen molar-refractivity contribution in [1.29, 1.82) is 0 Å². The normalized spacial score (nSPS) is 12.4. The molecule has 2 aromatic rings. The van der Waals surface area contributed by atoms with Crippen LogP contribution in [0.25, 0.3) is 0 Å². The van der Waals surface area contributed by atoms with Gasteiger partial charge in [0.05, 0.1) is 7.11 Å². The highest BCUT2D eigenvalue weighted by atomic mass is 16.5. The van der Waals surface area contributed by atoms with Crippen molar-refractivity contribution >= 4 is 0 Å². The first-order chi connectivity index (χ1) is 9.30. The Morgan fingerprint density at radius 1 is 1.37 bits per heavy atom. The molecule has 0 aliphatic heterocycles. The molecule has 0 amide bonds. The van der Waals surface area contributed by atoms with Crippen LogP contribution in [0.5, 0.6) is 5.88 Å². The van der Waals surface area contributed by atoms with Crippen LogP contribution in [0.4, 0.5) is 0 Å². The Hall–Kier alpha value is -1.88. The van der Waals surface area contributed by atoms with Crippen LogP contribution in [0.3, 0.4) is 0 Å². The molecule has 2 rings (SSSR count). The summed E-state index contributed by atoms with van der Waals surface area (Å²) in [5, 5.41) is 3.31. The SMILES string of the molecule is CCn1ccnc1CC(NC)c1cccnc1OC. The zero-order valence-electron chi connectivity index (χ0n) is 11.6. The van der Waals surface area contributed by atoms with E-state index in [-0.39, 0.29) is 6.04 Å². The Morgan fingerprint density at radius 3 is 2.89 bits per heavy atom. The number of aryl methyl sites for hydroxylation is 1. The van der Waals surface area contributed by atoms with E-state index in [9.17, 15) is 0 Å². The van der Waals surface area contributed by atoms with Gasteiger partial charge >= 0.3 is 0 Å². The molecule has 0 aliphatic carbocycles. The standard InChI is InChI=1S/C14H20N4O/c1-4-18-9-8-16-13(18)10-12(15-2)11-6-5-7-17-14(11)19-3/h5-9,12,15H,4,10H2,1-3H3. The zero-order chi connectivity index (χ0) is 13.7. The third kappa shape index (κ3) is 2.93. The predicted molar refractivity (Wildman–Crippen MR) is 74.2 cm³/mol. The van der Waals surface area contributed by atoms with Crippen LogP contribution in [0, 0.1) is 0 Å². The highest BCUT2D eigenvalue weighted by molar-refractivity contribution is 5.29. The summed E-state index contributed by atoms with van der Waals surface area (Å²) in [6.45, 7) is 3.04. The lowest BCUT2D eigenvalue weighted by atomic mass is 10.0. The van der Waals surface area contributed by atoms with E-state index in [4.69, 9.17) is 4.74 Å². The second kappa shape index (κ2) is 6.33. The van der Waals surface area contributed by atoms with E-state index in [1.807, 2.05) is 31.6 Å². The molecule has 0 spiro atoms. The molecular formula is C14H20N4O. The molecule has 0 fully saturated rings. The van der Waals surface area contributed by atoms with E-state index >= 15 is 0 Å². The van der Waals surface area contributed by atoms with Gasteiger partial charge in [-0.3, -0.25) is 0 Å². The summed E-state index contributed by atoms with van der Waals surface area (Å²) in [5.74, 6) is 1.73. The van der Waals surface area contributed by atoms with Gasteiger partial charge in [0, 0.05) is 43.2 Å². The van der Waals surface area contributed by atoms with Crippen LogP contribution in [0.15, 0.2) is 30.7 Å². The predicted octanol–water partition coefficient (Wildman–Crippen LogP) is 1.81. The van der Waals surface area contributed by atoms with Crippen LogP contribution < -0.4 is 10.1 Å². The third-order valence-corrected chi connectivity index (χ3v) is 3.25. The first-order valence-electron chi connectivity index (χ1n) is 6.46. The molecule has 2 heterocycles. The quantitative estimate of drug-likeness (QED) is 0.860. The first-order valence-corrected chi connectivity index (χ1v) is 6.46. The minimum absolute atomic E-state index is 0.136. The Morgan fingerprint density at radius 2 is 2.21 bits per heavy atom. The van der Waals surface area contributed by atoms with E-state index in [1.165, 1.54) is 0 Å². The van der Waals surface area contributed by atoms with E-state index in [0.29, 0.717) is 5.88 Å². The Kier molecular flexibility index (Phi) is 4.52. The summed E-state index contributed by atoms with van der Waals surface area (Å²) in [6.07, 6.45) is 6.38. The molecule has 0 aliphatic rings. The van der Waals surface area contributed by atoms with Crippen molar-refractivity contribution in [3.8, 4) is 5.88 Å². The number of pyridine rings is 1. The van der Waals surface area contributed by atoms with Crippen molar-refractivity contribution in [1.82, 2.24) is 19.9 Å². The molecule has 2 aromatic heterocycles. The second-order valence-corrected chi connectivity index (χ2v) is 4.28. The molecular weight excluding hydrogens is 240 g/mol. The fourth-order valence-corrected chi connectivity index (χ4v) is 2.21. The first kappa shape index (κ1) is 13.5. The highest BCUT2D eigenvalue weighted by Crippen LogP contribution is 2.24. The summed E-state index contributed by atoms with van der Waals surface area (Å²) in [4.78, 5) is 8.67. The maximum Gasteiger partial charge on any atom is 0.217 e. The fraction of sp³-hybridized carbons (Fsp3) is 0.429. The number of ether oxygens (including phenoxy) is 1. The van der Waals surface area contributed by atoms with Crippen molar-refractivity contribution in [2.45, 2.75) is 25.9 Å². The second-order valence-electron chi connectivity index (χ2n) is 4.28. The number of imidazole rings is 1. The molecule has 0 aromatic carbocycles. The number of methoxy groups -OCH3 is 1. The molecule has 1 N–H and O–H groups in total. The highest BCUT2D eigenvalue weighted by Gasteiger charge is 2.17. The van der Waals surface area contributed by atoms with E-state index in [1.54, 1.807) is 13.3 Å². The van der Waals surface area contributed by atoms with Gasteiger partial charge in [0.25, 0.3) is 0 Å². The van der Waals surface area contributed by atoms with Gasteiger partial charge < -0.3 is 14.6 Å². The lowest BCUT2D eigenvalue weighted by Crippen LogP contribution is -2.21. The number of hydrogen-bond acceptors (Lipinski definition) is 4. The topological polar surface area (TPSA) is 52.0 Å². The van der Waals surface area contributed by atoms with Crippen LogP contribution >= 0.6 is 0 Å². The molecule has 0 saturated heterocycles. The van der Waals surface area contributed by atoms with E-state index in [2.05, 4.69) is 26.8 Å². The number of rotatable bonds is 6. The Balaban J connectivity index is 2.25. The van der Waals surface area contributed by atoms with Gasteiger partial charge in [0.2, 0.25) is 5.88 Å². The summed E-state index contributed by atoms with van der Waals surface area (Å²) in [5.41, 5.74) is 1.05. The fourth-order valence-electron chi connectivity index (χ4n) is 2.21. The molecule has 1 unspecified atom stereocenters. The lowest BCUT2D eigenvalue weighted by Gasteiger charge is -2.18. The number of nitrogens with one attached hydrogen (secondary N) is 1. The van der Waals surface area contributed by atoms with Gasteiger partial charge in [-0.2, -0.15) is 0 Å². The van der Waals surface area contributed by atoms with Gasteiger partial charge in [-0.1, -0.05) is 6.07 Å². The van der Waals surface area contributed by atoms with Crippen molar-refractivity contribution < 1.29 is 4.74 Å². The van der Waals surface area contributed by atoms with Gasteiger partial charge in [0.1, 0.15) is 5.82 Å². The number of likely N-dealkylation sites (N-methyl/N-ethyl adjacent to an activating group) is 1. The average Bonchev–Trinajstić information content (AvgIpc) is 2.92. The number of nitrogens with zero attached hydrogens (tertiary/aromatic N) is 3. The molecule has 19 heavy (non-hydrogen) atoms. The molecule has 0 radical (unpaired) electrons. The summed E-state index contributed by atoms with van der Waals surface area (Å²) in [7, 11) is 3.59. The molecule has 0 saturated carbocycles. The van der Waals surface area contributed by atoms with Crippen molar-refractivity contribution in [2.75, 3.05) is 14.2 Å². The molecule has 5 nitrogen and oxygen atoms in total. The molecule has 102 valence electrons. The zero-order valence-corrected chi connectivity index (χ0v) is 11.6. The van der Waals surface area contributed by atoms with Gasteiger partial charge in [-0.05, 0) is 20.0 Å². The van der Waals surface area contributed by atoms with Crippen molar-refractivity contribution in [3.05, 3.63) is 42.1 Å². The average molecular weight is 260 g/mol. The lowest BCUT2D eigenvalue weighted by molar-refractivity contribution is 0.383. The maximum absolute atomic E-state index is 5.33. The molecule has 1 atom stereocenters. The van der Waals surface area contributed by atoms with E-state index in [0.717, 1.165) is 24.4 Å². The largest absolute Gasteiger partial charge is 0.481 e. The van der Waals surface area contributed by atoms with Gasteiger partial charge in [0.15, 0.2) is 0 Å². The maximum atomic E-state index is 5.33. The minimum atomic E-state index is 0.136. The van der Waals surface area contributed by atoms with Gasteiger partial charge in [-0.15, -0.1) is 0 Å². The van der Waals surface area contributed by atoms with Crippen LogP contribution in [-0.4, -0.2) is 28.7 Å².